The van der Waals surface area contributed by atoms with Gasteiger partial charge in [-0.05, 0) is 49.2 Å². The zero-order valence-corrected chi connectivity index (χ0v) is 21.9. The Kier molecular flexibility index (Phi) is 9.45. The van der Waals surface area contributed by atoms with Gasteiger partial charge in [0.05, 0.1) is 36.8 Å². The smallest absolute Gasteiger partial charge is 0.339 e. The van der Waals surface area contributed by atoms with E-state index in [-0.39, 0.29) is 29.2 Å². The monoisotopic (exact) mass is 524 g/mol. The lowest BCUT2D eigenvalue weighted by molar-refractivity contribution is -0.113. The second-order valence-electron chi connectivity index (χ2n) is 7.87. The number of allylic oxidation sites excluding steroid dienone is 1. The second kappa shape index (κ2) is 12.7. The van der Waals surface area contributed by atoms with Gasteiger partial charge in [0, 0.05) is 6.54 Å². The van der Waals surface area contributed by atoms with E-state index >= 15 is 0 Å². The van der Waals surface area contributed by atoms with E-state index in [4.69, 9.17) is 14.2 Å². The molecule has 3 aromatic rings. The Hall–Kier alpha value is -4.12. The number of carbonyl (C=O) groups is 3. The van der Waals surface area contributed by atoms with E-state index in [1.807, 2.05) is 36.6 Å². The molecule has 0 aliphatic carbocycles. The highest BCUT2D eigenvalue weighted by atomic mass is 32.2. The summed E-state index contributed by atoms with van der Waals surface area (Å²) in [6.45, 7) is 8.42. The number of carbonyl (C=O) groups excluding carboxylic acids is 3. The molecule has 1 heterocycles. The van der Waals surface area contributed by atoms with Crippen molar-refractivity contribution in [1.29, 1.82) is 0 Å². The highest BCUT2D eigenvalue weighted by molar-refractivity contribution is 7.99. The molecule has 0 aliphatic rings. The maximum atomic E-state index is 12.8. The van der Waals surface area contributed by atoms with E-state index in [1.165, 1.54) is 32.4 Å². The van der Waals surface area contributed by atoms with Crippen molar-refractivity contribution in [3.8, 4) is 5.75 Å². The van der Waals surface area contributed by atoms with Gasteiger partial charge < -0.3 is 19.5 Å². The van der Waals surface area contributed by atoms with Crippen molar-refractivity contribution < 1.29 is 28.6 Å². The fraction of sp³-hybridized carbons (Fsp3) is 0.269. The van der Waals surface area contributed by atoms with Crippen LogP contribution in [0.1, 0.15) is 37.7 Å². The number of esters is 2. The Morgan fingerprint density at radius 2 is 1.84 bits per heavy atom. The van der Waals surface area contributed by atoms with Gasteiger partial charge in [0.1, 0.15) is 12.4 Å². The molecule has 1 N–H and O–H groups in total. The number of ether oxygens (including phenoxy) is 3. The van der Waals surface area contributed by atoms with E-state index in [2.05, 4.69) is 22.1 Å². The molecule has 11 heteroatoms. The van der Waals surface area contributed by atoms with Crippen LogP contribution in [0.15, 0.2) is 54.2 Å². The molecular weight excluding hydrogens is 496 g/mol. The van der Waals surface area contributed by atoms with Crippen molar-refractivity contribution in [2.24, 2.45) is 0 Å². The van der Waals surface area contributed by atoms with Crippen LogP contribution in [0, 0.1) is 13.8 Å². The summed E-state index contributed by atoms with van der Waals surface area (Å²) >= 11 is 1.16. The quantitative estimate of drug-likeness (QED) is 0.226. The molecule has 0 saturated carbocycles. The van der Waals surface area contributed by atoms with Crippen LogP contribution in [0.4, 0.5) is 5.69 Å². The first-order valence-corrected chi connectivity index (χ1v) is 12.2. The SMILES string of the molecule is C=CCn1c(COc2cccc(C)c2C)nnc1SCC(=O)Nc1cc(C(=O)OC)ccc1C(=O)OC. The summed E-state index contributed by atoms with van der Waals surface area (Å²) in [6.07, 6.45) is 1.70. The number of methoxy groups -OCH3 is 2. The number of aryl methyl sites for hydroxylation is 1. The van der Waals surface area contributed by atoms with E-state index in [9.17, 15) is 14.4 Å². The van der Waals surface area contributed by atoms with Crippen LogP contribution in [0.3, 0.4) is 0 Å². The summed E-state index contributed by atoms with van der Waals surface area (Å²) in [4.78, 5) is 36.8. The average Bonchev–Trinajstić information content (AvgIpc) is 3.28. The number of hydrogen-bond donors (Lipinski definition) is 1. The Morgan fingerprint density at radius 3 is 2.54 bits per heavy atom. The Morgan fingerprint density at radius 1 is 1.08 bits per heavy atom. The van der Waals surface area contributed by atoms with Crippen LogP contribution in [0.5, 0.6) is 5.75 Å². The number of nitrogens with zero attached hydrogens (tertiary/aromatic N) is 3. The fourth-order valence-corrected chi connectivity index (χ4v) is 4.13. The lowest BCUT2D eigenvalue weighted by Gasteiger charge is -2.12. The maximum absolute atomic E-state index is 12.8. The molecule has 0 fully saturated rings. The number of benzene rings is 2. The minimum atomic E-state index is -0.654. The van der Waals surface area contributed by atoms with Crippen LogP contribution in [0.2, 0.25) is 0 Å². The second-order valence-corrected chi connectivity index (χ2v) is 8.81. The molecule has 3 rings (SSSR count). The van der Waals surface area contributed by atoms with Crippen molar-refractivity contribution in [2.75, 3.05) is 25.3 Å². The minimum Gasteiger partial charge on any atom is -0.485 e. The van der Waals surface area contributed by atoms with E-state index in [0.29, 0.717) is 17.5 Å². The van der Waals surface area contributed by atoms with Gasteiger partial charge in [0.25, 0.3) is 0 Å². The number of amides is 1. The molecule has 0 saturated heterocycles. The van der Waals surface area contributed by atoms with Gasteiger partial charge in [0.15, 0.2) is 11.0 Å². The lowest BCUT2D eigenvalue weighted by Crippen LogP contribution is -2.18. The van der Waals surface area contributed by atoms with Crippen LogP contribution >= 0.6 is 11.8 Å². The van der Waals surface area contributed by atoms with Crippen LogP contribution in [-0.4, -0.2) is 52.6 Å². The molecule has 0 aliphatic heterocycles. The zero-order chi connectivity index (χ0) is 26.9. The highest BCUT2D eigenvalue weighted by Gasteiger charge is 2.19. The average molecular weight is 525 g/mol. The van der Waals surface area contributed by atoms with E-state index in [1.54, 1.807) is 6.08 Å². The Balaban J connectivity index is 1.72. The zero-order valence-electron chi connectivity index (χ0n) is 21.1. The standard InChI is InChI=1S/C26H28N4O6S/c1-6-12-30-22(14-36-21-9-7-8-16(2)17(21)3)28-29-26(30)37-15-23(31)27-20-13-18(24(32)34-4)10-11-19(20)25(33)35-5/h6-11,13H,1,12,14-15H2,2-5H3,(H,27,31). The number of thioether (sulfide) groups is 1. The van der Waals surface area contributed by atoms with Crippen molar-refractivity contribution in [3.05, 3.63) is 77.1 Å². The fourth-order valence-electron chi connectivity index (χ4n) is 3.36. The summed E-state index contributed by atoms with van der Waals surface area (Å²) in [6, 6.07) is 10.0. The molecule has 37 heavy (non-hydrogen) atoms. The van der Waals surface area contributed by atoms with Crippen molar-refractivity contribution in [3.63, 3.8) is 0 Å². The van der Waals surface area contributed by atoms with E-state index < -0.39 is 17.8 Å². The maximum Gasteiger partial charge on any atom is 0.339 e. The van der Waals surface area contributed by atoms with Gasteiger partial charge in [0.2, 0.25) is 5.91 Å². The molecule has 1 aromatic heterocycles. The van der Waals surface area contributed by atoms with Gasteiger partial charge in [-0.2, -0.15) is 0 Å². The summed E-state index contributed by atoms with van der Waals surface area (Å²) < 4.78 is 17.3. The Bertz CT molecular complexity index is 1320. The predicted molar refractivity (Wildman–Crippen MR) is 139 cm³/mol. The number of hydrogen-bond acceptors (Lipinski definition) is 9. The number of nitrogens with one attached hydrogen (secondary N) is 1. The topological polar surface area (TPSA) is 122 Å². The number of anilines is 1. The van der Waals surface area contributed by atoms with Crippen LogP contribution in [-0.2, 0) is 27.4 Å². The highest BCUT2D eigenvalue weighted by Crippen LogP contribution is 2.24. The normalized spacial score (nSPS) is 10.5. The third kappa shape index (κ3) is 6.76. The summed E-state index contributed by atoms with van der Waals surface area (Å²) in [7, 11) is 2.47. The molecule has 0 bridgehead atoms. The molecule has 1 amide bonds. The van der Waals surface area contributed by atoms with Crippen LogP contribution < -0.4 is 10.1 Å². The van der Waals surface area contributed by atoms with Crippen molar-refractivity contribution in [2.45, 2.75) is 32.2 Å². The predicted octanol–water partition coefficient (Wildman–Crippen LogP) is 3.96. The van der Waals surface area contributed by atoms with Crippen LogP contribution in [0.25, 0.3) is 0 Å². The van der Waals surface area contributed by atoms with Crippen molar-refractivity contribution >= 4 is 35.3 Å². The third-order valence-electron chi connectivity index (χ3n) is 5.47. The first kappa shape index (κ1) is 27.5. The van der Waals surface area contributed by atoms with Gasteiger partial charge >= 0.3 is 11.9 Å². The summed E-state index contributed by atoms with van der Waals surface area (Å²) in [5, 5.41) is 11.6. The van der Waals surface area contributed by atoms with Gasteiger partial charge in [-0.15, -0.1) is 16.8 Å². The molecule has 0 atom stereocenters. The van der Waals surface area contributed by atoms with Gasteiger partial charge in [-0.3, -0.25) is 9.36 Å². The number of rotatable bonds is 11. The van der Waals surface area contributed by atoms with Gasteiger partial charge in [-0.25, -0.2) is 9.59 Å². The van der Waals surface area contributed by atoms with Gasteiger partial charge in [-0.1, -0.05) is 30.0 Å². The summed E-state index contributed by atoms with van der Waals surface area (Å²) in [5.41, 5.74) is 2.59. The van der Waals surface area contributed by atoms with Crippen molar-refractivity contribution in [1.82, 2.24) is 14.8 Å². The molecule has 0 radical (unpaired) electrons. The molecule has 2 aromatic carbocycles. The molecule has 0 spiro atoms. The largest absolute Gasteiger partial charge is 0.485 e. The molecule has 194 valence electrons. The lowest BCUT2D eigenvalue weighted by atomic mass is 10.1. The molecular formula is C26H28N4O6S. The third-order valence-corrected chi connectivity index (χ3v) is 6.44. The molecule has 10 nitrogen and oxygen atoms in total. The molecule has 0 unspecified atom stereocenters. The van der Waals surface area contributed by atoms with E-state index in [0.717, 1.165) is 28.6 Å². The minimum absolute atomic E-state index is 0.0316. The number of aromatic nitrogens is 3. The Labute approximate surface area is 219 Å². The first-order valence-electron chi connectivity index (χ1n) is 11.2. The summed E-state index contributed by atoms with van der Waals surface area (Å²) in [5.74, 6) is -0.359. The first-order chi connectivity index (χ1) is 17.8.